The summed E-state index contributed by atoms with van der Waals surface area (Å²) in [6.07, 6.45) is 0.376. The zero-order valence-corrected chi connectivity index (χ0v) is 19.4. The van der Waals surface area contributed by atoms with Gasteiger partial charge in [0.15, 0.2) is 5.82 Å². The molecule has 0 spiro atoms. The topological polar surface area (TPSA) is 78.1 Å². The SMILES string of the molecule is CC(C)(C)c1ccc(C(=O)Nc2n[nH]c3c2CN(C(=O)Cc2cccs2)C3(C)C)cc1. The van der Waals surface area contributed by atoms with Gasteiger partial charge in [0.05, 0.1) is 24.2 Å². The Bertz CT molecular complexity index is 1110. The molecular formula is C24H28N4O2S. The lowest BCUT2D eigenvalue weighted by Gasteiger charge is -2.31. The summed E-state index contributed by atoms with van der Waals surface area (Å²) in [5, 5.41) is 12.3. The van der Waals surface area contributed by atoms with Crippen LogP contribution >= 0.6 is 11.3 Å². The predicted molar refractivity (Wildman–Crippen MR) is 123 cm³/mol. The third-order valence-electron chi connectivity index (χ3n) is 5.92. The molecule has 0 aliphatic carbocycles. The summed E-state index contributed by atoms with van der Waals surface area (Å²) in [5.41, 5.74) is 2.99. The van der Waals surface area contributed by atoms with Crippen molar-refractivity contribution in [3.8, 4) is 0 Å². The lowest BCUT2D eigenvalue weighted by atomic mass is 9.87. The van der Waals surface area contributed by atoms with Gasteiger partial charge in [-0.3, -0.25) is 14.7 Å². The number of thiophene rings is 1. The van der Waals surface area contributed by atoms with Crippen molar-refractivity contribution in [2.75, 3.05) is 5.32 Å². The van der Waals surface area contributed by atoms with Crippen molar-refractivity contribution in [1.82, 2.24) is 15.1 Å². The Morgan fingerprint density at radius 2 is 1.90 bits per heavy atom. The van der Waals surface area contributed by atoms with E-state index in [9.17, 15) is 9.59 Å². The van der Waals surface area contributed by atoms with Crippen LogP contribution in [0, 0.1) is 0 Å². The van der Waals surface area contributed by atoms with Gasteiger partial charge in [-0.1, -0.05) is 39.0 Å². The van der Waals surface area contributed by atoms with Crippen LogP contribution < -0.4 is 5.32 Å². The number of hydrogen-bond acceptors (Lipinski definition) is 4. The van der Waals surface area contributed by atoms with Gasteiger partial charge in [0.2, 0.25) is 5.91 Å². The van der Waals surface area contributed by atoms with Crippen molar-refractivity contribution in [3.05, 3.63) is 69.0 Å². The van der Waals surface area contributed by atoms with E-state index < -0.39 is 5.54 Å². The summed E-state index contributed by atoms with van der Waals surface area (Å²) < 4.78 is 0. The molecular weight excluding hydrogens is 408 g/mol. The van der Waals surface area contributed by atoms with E-state index in [1.807, 2.05) is 60.5 Å². The first-order chi connectivity index (χ1) is 14.6. The molecule has 6 nitrogen and oxygen atoms in total. The maximum absolute atomic E-state index is 13.0. The molecule has 0 bridgehead atoms. The summed E-state index contributed by atoms with van der Waals surface area (Å²) >= 11 is 1.58. The quantitative estimate of drug-likeness (QED) is 0.614. The van der Waals surface area contributed by atoms with Gasteiger partial charge in [0.1, 0.15) is 0 Å². The van der Waals surface area contributed by atoms with E-state index >= 15 is 0 Å². The second-order valence-corrected chi connectivity index (χ2v) is 10.5. The van der Waals surface area contributed by atoms with Crippen LogP contribution in [0.1, 0.15) is 66.7 Å². The highest BCUT2D eigenvalue weighted by atomic mass is 32.1. The molecule has 3 heterocycles. The van der Waals surface area contributed by atoms with Gasteiger partial charge in [0, 0.05) is 16.0 Å². The van der Waals surface area contributed by atoms with Crippen molar-refractivity contribution in [3.63, 3.8) is 0 Å². The Morgan fingerprint density at radius 3 is 2.52 bits per heavy atom. The molecule has 1 aromatic carbocycles. The van der Waals surface area contributed by atoms with Crippen molar-refractivity contribution in [1.29, 1.82) is 0 Å². The van der Waals surface area contributed by atoms with Gasteiger partial charge in [-0.05, 0) is 48.4 Å². The summed E-state index contributed by atoms with van der Waals surface area (Å²) in [5.74, 6) is 0.336. The standard InChI is InChI=1S/C24H28N4O2S/c1-23(2,3)16-10-8-15(9-11-16)22(30)25-21-18-14-28(24(4,5)20(18)26-27-21)19(29)13-17-7-6-12-31-17/h6-12H,13-14H2,1-5H3,(H2,25,26,27,30). The third-order valence-corrected chi connectivity index (χ3v) is 6.80. The number of nitrogens with one attached hydrogen (secondary N) is 2. The minimum absolute atomic E-state index is 0.0305. The fourth-order valence-electron chi connectivity index (χ4n) is 3.98. The van der Waals surface area contributed by atoms with E-state index in [4.69, 9.17) is 0 Å². The zero-order valence-electron chi connectivity index (χ0n) is 18.6. The van der Waals surface area contributed by atoms with Crippen LogP contribution in [0.25, 0.3) is 0 Å². The Morgan fingerprint density at radius 1 is 1.19 bits per heavy atom. The van der Waals surface area contributed by atoms with Crippen LogP contribution in [0.15, 0.2) is 41.8 Å². The third kappa shape index (κ3) is 4.02. The number of amides is 2. The second-order valence-electron chi connectivity index (χ2n) is 9.50. The van der Waals surface area contributed by atoms with Crippen molar-refractivity contribution < 1.29 is 9.59 Å². The van der Waals surface area contributed by atoms with Crippen LogP contribution in [-0.2, 0) is 28.7 Å². The summed E-state index contributed by atoms with van der Waals surface area (Å²) in [4.78, 5) is 28.7. The number of anilines is 1. The molecule has 0 saturated heterocycles. The van der Waals surface area contributed by atoms with E-state index in [-0.39, 0.29) is 17.2 Å². The van der Waals surface area contributed by atoms with Crippen LogP contribution in [0.2, 0.25) is 0 Å². The maximum Gasteiger partial charge on any atom is 0.256 e. The number of H-pyrrole nitrogens is 1. The highest BCUT2D eigenvalue weighted by molar-refractivity contribution is 7.10. The molecule has 0 saturated carbocycles. The number of aromatic nitrogens is 2. The molecule has 1 aliphatic heterocycles. The van der Waals surface area contributed by atoms with Gasteiger partial charge >= 0.3 is 0 Å². The van der Waals surface area contributed by atoms with Crippen molar-refractivity contribution >= 4 is 29.0 Å². The Balaban J connectivity index is 1.51. The molecule has 0 atom stereocenters. The number of aromatic amines is 1. The molecule has 162 valence electrons. The molecule has 0 unspecified atom stereocenters. The minimum atomic E-state index is -0.520. The van der Waals surface area contributed by atoms with Gasteiger partial charge in [-0.2, -0.15) is 5.10 Å². The Kier molecular flexibility index (Phi) is 5.25. The van der Waals surface area contributed by atoms with Crippen LogP contribution in [0.5, 0.6) is 0 Å². The number of carbonyl (C=O) groups excluding carboxylic acids is 2. The number of carbonyl (C=O) groups is 2. The molecule has 0 fully saturated rings. The van der Waals surface area contributed by atoms with Gasteiger partial charge < -0.3 is 10.2 Å². The summed E-state index contributed by atoms with van der Waals surface area (Å²) in [7, 11) is 0. The largest absolute Gasteiger partial charge is 0.327 e. The first kappa shape index (κ1) is 21.3. The lowest BCUT2D eigenvalue weighted by molar-refractivity contribution is -0.135. The van der Waals surface area contributed by atoms with E-state index in [0.717, 1.165) is 16.1 Å². The molecule has 2 aromatic heterocycles. The molecule has 4 rings (SSSR count). The van der Waals surface area contributed by atoms with Crippen molar-refractivity contribution in [2.24, 2.45) is 0 Å². The normalized spacial score (nSPS) is 15.1. The average Bonchev–Trinajstić information content (AvgIpc) is 3.40. The second kappa shape index (κ2) is 7.64. The monoisotopic (exact) mass is 436 g/mol. The first-order valence-corrected chi connectivity index (χ1v) is 11.3. The first-order valence-electron chi connectivity index (χ1n) is 10.4. The van der Waals surface area contributed by atoms with E-state index in [0.29, 0.717) is 24.3 Å². The smallest absolute Gasteiger partial charge is 0.256 e. The highest BCUT2D eigenvalue weighted by Crippen LogP contribution is 2.41. The van der Waals surface area contributed by atoms with E-state index in [2.05, 4.69) is 36.3 Å². The number of nitrogens with zero attached hydrogens (tertiary/aromatic N) is 2. The molecule has 2 amide bonds. The molecule has 0 radical (unpaired) electrons. The van der Waals surface area contributed by atoms with Gasteiger partial charge in [-0.15, -0.1) is 11.3 Å². The predicted octanol–water partition coefficient (Wildman–Crippen LogP) is 4.84. The summed E-state index contributed by atoms with van der Waals surface area (Å²) in [6, 6.07) is 11.6. The molecule has 31 heavy (non-hydrogen) atoms. The van der Waals surface area contributed by atoms with Crippen LogP contribution in [-0.4, -0.2) is 26.9 Å². The Labute approximate surface area is 186 Å². The maximum atomic E-state index is 13.0. The van der Waals surface area contributed by atoms with E-state index in [1.165, 1.54) is 5.56 Å². The molecule has 1 aliphatic rings. The molecule has 2 N–H and O–H groups in total. The number of hydrogen-bond donors (Lipinski definition) is 2. The Hall–Kier alpha value is -2.93. The number of fused-ring (bicyclic) bond motifs is 1. The molecule has 3 aromatic rings. The lowest BCUT2D eigenvalue weighted by Crippen LogP contribution is -2.41. The van der Waals surface area contributed by atoms with Gasteiger partial charge in [-0.25, -0.2) is 0 Å². The van der Waals surface area contributed by atoms with Crippen LogP contribution in [0.4, 0.5) is 5.82 Å². The summed E-state index contributed by atoms with van der Waals surface area (Å²) in [6.45, 7) is 10.8. The minimum Gasteiger partial charge on any atom is -0.327 e. The highest BCUT2D eigenvalue weighted by Gasteiger charge is 2.43. The average molecular weight is 437 g/mol. The molecule has 7 heteroatoms. The zero-order chi connectivity index (χ0) is 22.4. The van der Waals surface area contributed by atoms with E-state index in [1.54, 1.807) is 11.3 Å². The number of benzene rings is 1. The fraction of sp³-hybridized carbons (Fsp3) is 0.375. The fourth-order valence-corrected chi connectivity index (χ4v) is 4.67. The number of rotatable bonds is 4. The van der Waals surface area contributed by atoms with Gasteiger partial charge in [0.25, 0.3) is 5.91 Å². The van der Waals surface area contributed by atoms with Crippen molar-refractivity contribution in [2.45, 2.75) is 58.5 Å². The van der Waals surface area contributed by atoms with Crippen LogP contribution in [0.3, 0.4) is 0 Å².